The molecule has 1 unspecified atom stereocenters. The fourth-order valence-corrected chi connectivity index (χ4v) is 1.95. The second kappa shape index (κ2) is 6.62. The summed E-state index contributed by atoms with van der Waals surface area (Å²) >= 11 is 6.00. The van der Waals surface area contributed by atoms with E-state index in [9.17, 15) is 4.79 Å². The molecule has 1 aromatic carbocycles. The Hall–Kier alpha value is -1.06. The van der Waals surface area contributed by atoms with Crippen molar-refractivity contribution < 1.29 is 9.53 Å². The standard InChI is InChI=1S/C13H18ClNO2/c1-4-11(15-5-2)13(16)9-6-7-12(17-3)10(14)8-9/h6-8,11,15H,4-5H2,1-3H3. The van der Waals surface area contributed by atoms with Crippen molar-refractivity contribution in [1.29, 1.82) is 0 Å². The molecule has 0 heterocycles. The van der Waals surface area contributed by atoms with E-state index in [1.165, 1.54) is 0 Å². The number of methoxy groups -OCH3 is 1. The third-order valence-corrected chi connectivity index (χ3v) is 2.91. The van der Waals surface area contributed by atoms with Crippen molar-refractivity contribution in [2.24, 2.45) is 0 Å². The van der Waals surface area contributed by atoms with Gasteiger partial charge in [-0.3, -0.25) is 4.79 Å². The topological polar surface area (TPSA) is 38.3 Å². The van der Waals surface area contributed by atoms with Crippen molar-refractivity contribution in [3.8, 4) is 5.75 Å². The maximum Gasteiger partial charge on any atom is 0.179 e. The highest BCUT2D eigenvalue weighted by molar-refractivity contribution is 6.32. The van der Waals surface area contributed by atoms with Gasteiger partial charge in [-0.25, -0.2) is 0 Å². The highest BCUT2D eigenvalue weighted by Crippen LogP contribution is 2.25. The molecule has 3 nitrogen and oxygen atoms in total. The summed E-state index contributed by atoms with van der Waals surface area (Å²) in [7, 11) is 1.55. The molecule has 0 aromatic heterocycles. The van der Waals surface area contributed by atoms with Gasteiger partial charge in [0.1, 0.15) is 5.75 Å². The highest BCUT2D eigenvalue weighted by Gasteiger charge is 2.17. The summed E-state index contributed by atoms with van der Waals surface area (Å²) in [5, 5.41) is 3.62. The van der Waals surface area contributed by atoms with E-state index < -0.39 is 0 Å². The second-order valence-electron chi connectivity index (χ2n) is 3.73. The van der Waals surface area contributed by atoms with Crippen molar-refractivity contribution in [3.63, 3.8) is 0 Å². The lowest BCUT2D eigenvalue weighted by atomic mass is 10.0. The molecule has 0 fully saturated rings. The van der Waals surface area contributed by atoms with Gasteiger partial charge in [-0.15, -0.1) is 0 Å². The molecule has 94 valence electrons. The van der Waals surface area contributed by atoms with Crippen molar-refractivity contribution in [2.45, 2.75) is 26.3 Å². The lowest BCUT2D eigenvalue weighted by Gasteiger charge is -2.15. The number of ether oxygens (including phenoxy) is 1. The normalized spacial score (nSPS) is 12.2. The molecular formula is C13H18ClNO2. The number of rotatable bonds is 6. The van der Waals surface area contributed by atoms with E-state index in [-0.39, 0.29) is 11.8 Å². The number of carbonyl (C=O) groups excluding carboxylic acids is 1. The SMILES string of the molecule is CCNC(CC)C(=O)c1ccc(OC)c(Cl)c1. The van der Waals surface area contributed by atoms with E-state index in [1.807, 2.05) is 13.8 Å². The summed E-state index contributed by atoms with van der Waals surface area (Å²) < 4.78 is 5.06. The number of carbonyl (C=O) groups is 1. The predicted octanol–water partition coefficient (Wildman–Crippen LogP) is 2.92. The molecule has 17 heavy (non-hydrogen) atoms. The number of benzene rings is 1. The second-order valence-corrected chi connectivity index (χ2v) is 4.14. The minimum absolute atomic E-state index is 0.0684. The van der Waals surface area contributed by atoms with Gasteiger partial charge in [-0.2, -0.15) is 0 Å². The Balaban J connectivity index is 2.92. The van der Waals surface area contributed by atoms with Crippen LogP contribution in [-0.4, -0.2) is 25.5 Å². The van der Waals surface area contributed by atoms with E-state index in [4.69, 9.17) is 16.3 Å². The number of halogens is 1. The molecule has 0 amide bonds. The van der Waals surface area contributed by atoms with Crippen LogP contribution in [-0.2, 0) is 0 Å². The molecule has 0 saturated carbocycles. The summed E-state index contributed by atoms with van der Waals surface area (Å²) in [6.07, 6.45) is 0.760. The van der Waals surface area contributed by atoms with Crippen molar-refractivity contribution in [2.75, 3.05) is 13.7 Å². The zero-order valence-electron chi connectivity index (χ0n) is 10.4. The van der Waals surface area contributed by atoms with Gasteiger partial charge in [0.25, 0.3) is 0 Å². The van der Waals surface area contributed by atoms with E-state index in [2.05, 4.69) is 5.32 Å². The summed E-state index contributed by atoms with van der Waals surface area (Å²) in [5.74, 6) is 0.651. The molecule has 0 bridgehead atoms. The first-order valence-electron chi connectivity index (χ1n) is 5.75. The van der Waals surface area contributed by atoms with Crippen molar-refractivity contribution in [1.82, 2.24) is 5.32 Å². The van der Waals surface area contributed by atoms with Gasteiger partial charge in [-0.1, -0.05) is 25.4 Å². The molecule has 1 rings (SSSR count). The van der Waals surface area contributed by atoms with Crippen LogP contribution < -0.4 is 10.1 Å². The Labute approximate surface area is 107 Å². The summed E-state index contributed by atoms with van der Waals surface area (Å²) in [5.41, 5.74) is 0.614. The van der Waals surface area contributed by atoms with Gasteiger partial charge in [0.2, 0.25) is 0 Å². The summed E-state index contributed by atoms with van der Waals surface area (Å²) in [4.78, 5) is 12.2. The van der Waals surface area contributed by atoms with Crippen LogP contribution in [0, 0.1) is 0 Å². The van der Waals surface area contributed by atoms with E-state index >= 15 is 0 Å². The molecule has 0 radical (unpaired) electrons. The zero-order chi connectivity index (χ0) is 12.8. The van der Waals surface area contributed by atoms with Gasteiger partial charge in [0.05, 0.1) is 18.2 Å². The van der Waals surface area contributed by atoms with Gasteiger partial charge < -0.3 is 10.1 Å². The largest absolute Gasteiger partial charge is 0.495 e. The molecule has 1 N–H and O–H groups in total. The molecule has 1 aromatic rings. The smallest absolute Gasteiger partial charge is 0.179 e. The monoisotopic (exact) mass is 255 g/mol. The Morgan fingerprint density at radius 3 is 2.65 bits per heavy atom. The number of Topliss-reactive ketones (excluding diaryl/α,β-unsaturated/α-hetero) is 1. The highest BCUT2D eigenvalue weighted by atomic mass is 35.5. The number of hydrogen-bond acceptors (Lipinski definition) is 3. The lowest BCUT2D eigenvalue weighted by Crippen LogP contribution is -2.36. The number of likely N-dealkylation sites (N-methyl/N-ethyl adjacent to an activating group) is 1. The molecule has 0 aliphatic carbocycles. The number of hydrogen-bond donors (Lipinski definition) is 1. The Bertz CT molecular complexity index is 393. The van der Waals surface area contributed by atoms with Gasteiger partial charge in [-0.05, 0) is 31.2 Å². The van der Waals surface area contributed by atoms with Crippen LogP contribution in [0.15, 0.2) is 18.2 Å². The average Bonchev–Trinajstić information content (AvgIpc) is 2.35. The van der Waals surface area contributed by atoms with Crippen LogP contribution in [0.25, 0.3) is 0 Å². The number of nitrogens with one attached hydrogen (secondary N) is 1. The minimum atomic E-state index is -0.149. The molecular weight excluding hydrogens is 238 g/mol. The number of ketones is 1. The van der Waals surface area contributed by atoms with Crippen molar-refractivity contribution >= 4 is 17.4 Å². The Morgan fingerprint density at radius 2 is 2.18 bits per heavy atom. The van der Waals surface area contributed by atoms with E-state index in [0.717, 1.165) is 13.0 Å². The van der Waals surface area contributed by atoms with Crippen molar-refractivity contribution in [3.05, 3.63) is 28.8 Å². The maximum absolute atomic E-state index is 12.2. The minimum Gasteiger partial charge on any atom is -0.495 e. The van der Waals surface area contributed by atoms with Crippen LogP contribution in [0.1, 0.15) is 30.6 Å². The van der Waals surface area contributed by atoms with Crippen LogP contribution in [0.4, 0.5) is 0 Å². The fourth-order valence-electron chi connectivity index (χ4n) is 1.69. The van der Waals surface area contributed by atoms with Gasteiger partial charge in [0.15, 0.2) is 5.78 Å². The molecule has 0 spiro atoms. The molecule has 0 aliphatic heterocycles. The van der Waals surface area contributed by atoms with Crippen LogP contribution in [0.2, 0.25) is 5.02 Å². The maximum atomic E-state index is 12.2. The molecule has 0 aliphatic rings. The first-order valence-corrected chi connectivity index (χ1v) is 6.12. The fraction of sp³-hybridized carbons (Fsp3) is 0.462. The molecule has 4 heteroatoms. The third kappa shape index (κ3) is 3.45. The third-order valence-electron chi connectivity index (χ3n) is 2.61. The van der Waals surface area contributed by atoms with Crippen LogP contribution >= 0.6 is 11.6 Å². The van der Waals surface area contributed by atoms with E-state index in [1.54, 1.807) is 25.3 Å². The lowest BCUT2D eigenvalue weighted by molar-refractivity contribution is 0.0941. The van der Waals surface area contributed by atoms with Crippen LogP contribution in [0.3, 0.4) is 0 Å². The quantitative estimate of drug-likeness (QED) is 0.795. The zero-order valence-corrected chi connectivity index (χ0v) is 11.2. The Kier molecular flexibility index (Phi) is 5.45. The summed E-state index contributed by atoms with van der Waals surface area (Å²) in [6, 6.07) is 4.97. The van der Waals surface area contributed by atoms with Crippen LogP contribution in [0.5, 0.6) is 5.75 Å². The molecule has 1 atom stereocenters. The van der Waals surface area contributed by atoms with E-state index in [0.29, 0.717) is 16.3 Å². The predicted molar refractivity (Wildman–Crippen MR) is 70.1 cm³/mol. The summed E-state index contributed by atoms with van der Waals surface area (Å²) in [6.45, 7) is 4.74. The first-order chi connectivity index (χ1) is 8.13. The molecule has 0 saturated heterocycles. The first kappa shape index (κ1) is 14.0. The van der Waals surface area contributed by atoms with Gasteiger partial charge >= 0.3 is 0 Å². The van der Waals surface area contributed by atoms with Gasteiger partial charge in [0, 0.05) is 5.56 Å². The average molecular weight is 256 g/mol. The Morgan fingerprint density at radius 1 is 1.47 bits per heavy atom.